The Hall–Kier alpha value is -2.96. The van der Waals surface area contributed by atoms with E-state index in [1.807, 2.05) is 6.92 Å². The normalized spacial score (nSPS) is 22.8. The quantitative estimate of drug-likeness (QED) is 0.679. The maximum atomic E-state index is 13.3. The molecule has 0 spiro atoms. The summed E-state index contributed by atoms with van der Waals surface area (Å²) in [7, 11) is -0.348. The highest BCUT2D eigenvalue weighted by Crippen LogP contribution is 2.27. The molecule has 3 atom stereocenters. The molecule has 11 nitrogen and oxygen atoms in total. The lowest BCUT2D eigenvalue weighted by molar-refractivity contribution is 0.0213. The molecule has 34 heavy (non-hydrogen) atoms. The lowest BCUT2D eigenvalue weighted by Gasteiger charge is -2.34. The number of nitrogens with zero attached hydrogens (tertiary/aromatic N) is 3. The molecule has 1 aromatic heterocycles. The standard InChI is InChI=1S/C22H30N4O7S/c1-14-11-26(34(5,29)30)15(2)13-32-18-7-6-16(24-21(27)19-8-9-23-33-19)10-17(18)22(28)25(3)12-20(14)31-4/h6-10,14-15,20H,11-13H2,1-5H3,(H,24,27)/t14-,15-,20+/m1/s1. The summed E-state index contributed by atoms with van der Waals surface area (Å²) in [5, 5.41) is 6.18. The number of nitrogens with one attached hydrogen (secondary N) is 1. The van der Waals surface area contributed by atoms with Gasteiger partial charge in [-0.1, -0.05) is 12.1 Å². The van der Waals surface area contributed by atoms with Crippen molar-refractivity contribution in [3.8, 4) is 5.75 Å². The van der Waals surface area contributed by atoms with Gasteiger partial charge in [-0.3, -0.25) is 9.59 Å². The molecular formula is C22H30N4O7S. The Morgan fingerprint density at radius 1 is 1.24 bits per heavy atom. The van der Waals surface area contributed by atoms with Gasteiger partial charge in [0.2, 0.25) is 15.8 Å². The number of sulfonamides is 1. The number of anilines is 1. The Bertz CT molecular complexity index is 1120. The number of carbonyl (C=O) groups is 2. The Morgan fingerprint density at radius 3 is 2.59 bits per heavy atom. The predicted molar refractivity (Wildman–Crippen MR) is 124 cm³/mol. The molecule has 2 amide bonds. The van der Waals surface area contributed by atoms with Crippen molar-refractivity contribution in [2.75, 3.05) is 45.4 Å². The topological polar surface area (TPSA) is 131 Å². The predicted octanol–water partition coefficient (Wildman–Crippen LogP) is 1.69. The van der Waals surface area contributed by atoms with Crippen LogP contribution >= 0.6 is 0 Å². The molecule has 1 aliphatic heterocycles. The van der Waals surface area contributed by atoms with E-state index in [2.05, 4.69) is 10.5 Å². The number of carbonyl (C=O) groups excluding carboxylic acids is 2. The molecule has 0 fully saturated rings. The van der Waals surface area contributed by atoms with Crippen molar-refractivity contribution in [2.45, 2.75) is 26.0 Å². The van der Waals surface area contributed by atoms with Crippen molar-refractivity contribution in [1.29, 1.82) is 0 Å². The summed E-state index contributed by atoms with van der Waals surface area (Å²) in [5.74, 6) is -0.730. The van der Waals surface area contributed by atoms with Gasteiger partial charge in [-0.05, 0) is 31.0 Å². The first-order valence-corrected chi connectivity index (χ1v) is 12.6. The van der Waals surface area contributed by atoms with E-state index in [1.165, 1.54) is 34.6 Å². The highest BCUT2D eigenvalue weighted by molar-refractivity contribution is 7.88. The second kappa shape index (κ2) is 10.5. The number of methoxy groups -OCH3 is 1. The van der Waals surface area contributed by atoms with Gasteiger partial charge >= 0.3 is 0 Å². The van der Waals surface area contributed by atoms with Gasteiger partial charge in [-0.15, -0.1) is 0 Å². The van der Waals surface area contributed by atoms with Gasteiger partial charge in [0, 0.05) is 39.0 Å². The van der Waals surface area contributed by atoms with Crippen LogP contribution in [0.4, 0.5) is 5.69 Å². The SMILES string of the molecule is CO[C@H]1CN(C)C(=O)c2cc(NC(=O)c3ccno3)ccc2OC[C@@H](C)N(S(C)(=O)=O)C[C@H]1C. The fourth-order valence-corrected chi connectivity index (χ4v) is 5.03. The molecule has 12 heteroatoms. The summed E-state index contributed by atoms with van der Waals surface area (Å²) in [6.07, 6.45) is 2.12. The van der Waals surface area contributed by atoms with E-state index in [9.17, 15) is 18.0 Å². The third-order valence-corrected chi connectivity index (χ3v) is 7.09. The lowest BCUT2D eigenvalue weighted by atomic mass is 10.0. The minimum Gasteiger partial charge on any atom is -0.491 e. The second-order valence-corrected chi connectivity index (χ2v) is 10.4. The number of fused-ring (bicyclic) bond motifs is 1. The van der Waals surface area contributed by atoms with Crippen LogP contribution in [0.2, 0.25) is 0 Å². The maximum Gasteiger partial charge on any atom is 0.294 e. The van der Waals surface area contributed by atoms with Gasteiger partial charge in [-0.2, -0.15) is 4.31 Å². The molecule has 1 aromatic carbocycles. The van der Waals surface area contributed by atoms with Gasteiger partial charge in [0.1, 0.15) is 12.4 Å². The van der Waals surface area contributed by atoms with E-state index >= 15 is 0 Å². The van der Waals surface area contributed by atoms with E-state index in [4.69, 9.17) is 14.0 Å². The van der Waals surface area contributed by atoms with Crippen LogP contribution in [0, 0.1) is 5.92 Å². The molecule has 0 unspecified atom stereocenters. The molecule has 1 N–H and O–H groups in total. The van der Waals surface area contributed by atoms with Gasteiger partial charge in [-0.25, -0.2) is 8.42 Å². The zero-order valence-electron chi connectivity index (χ0n) is 19.8. The van der Waals surface area contributed by atoms with E-state index in [0.29, 0.717) is 5.69 Å². The van der Waals surface area contributed by atoms with Crippen molar-refractivity contribution < 1.29 is 32.0 Å². The zero-order chi connectivity index (χ0) is 25.0. The molecule has 1 aliphatic rings. The minimum absolute atomic E-state index is 0.0269. The summed E-state index contributed by atoms with van der Waals surface area (Å²) in [6.45, 7) is 4.13. The molecule has 2 aromatic rings. The van der Waals surface area contributed by atoms with Crippen LogP contribution in [0.1, 0.15) is 34.8 Å². The molecule has 2 heterocycles. The first kappa shape index (κ1) is 25.7. The van der Waals surface area contributed by atoms with Crippen LogP contribution in [0.15, 0.2) is 35.0 Å². The van der Waals surface area contributed by atoms with Crippen molar-refractivity contribution in [3.63, 3.8) is 0 Å². The number of benzene rings is 1. The first-order valence-electron chi connectivity index (χ1n) is 10.7. The zero-order valence-corrected chi connectivity index (χ0v) is 20.7. The number of likely N-dealkylation sites (N-methyl/N-ethyl adjacent to an activating group) is 1. The molecule has 3 rings (SSSR count). The van der Waals surface area contributed by atoms with Crippen LogP contribution < -0.4 is 10.1 Å². The molecule has 0 saturated carbocycles. The Labute approximate surface area is 199 Å². The van der Waals surface area contributed by atoms with Crippen molar-refractivity contribution in [1.82, 2.24) is 14.4 Å². The van der Waals surface area contributed by atoms with E-state index in [-0.39, 0.29) is 48.6 Å². The van der Waals surface area contributed by atoms with Crippen LogP contribution in [-0.4, -0.2) is 86.8 Å². The first-order chi connectivity index (χ1) is 16.0. The summed E-state index contributed by atoms with van der Waals surface area (Å²) in [4.78, 5) is 27.2. The number of aromatic nitrogens is 1. The molecular weight excluding hydrogens is 464 g/mol. The Morgan fingerprint density at radius 2 is 1.97 bits per heavy atom. The average Bonchev–Trinajstić information content (AvgIpc) is 3.32. The molecule has 186 valence electrons. The monoisotopic (exact) mass is 494 g/mol. The second-order valence-electron chi connectivity index (χ2n) is 8.47. The van der Waals surface area contributed by atoms with Crippen LogP contribution in [0.5, 0.6) is 5.75 Å². The van der Waals surface area contributed by atoms with Crippen LogP contribution in [0.3, 0.4) is 0 Å². The summed E-state index contributed by atoms with van der Waals surface area (Å²) < 4.78 is 42.7. The van der Waals surface area contributed by atoms with Crippen molar-refractivity contribution in [2.24, 2.45) is 5.92 Å². The fraction of sp³-hybridized carbons (Fsp3) is 0.500. The van der Waals surface area contributed by atoms with Gasteiger partial charge in [0.25, 0.3) is 11.8 Å². The Balaban J connectivity index is 1.97. The molecule has 0 radical (unpaired) electrons. The highest BCUT2D eigenvalue weighted by atomic mass is 32.2. The number of hydrogen-bond donors (Lipinski definition) is 1. The van der Waals surface area contributed by atoms with Crippen molar-refractivity contribution >= 4 is 27.5 Å². The third-order valence-electron chi connectivity index (χ3n) is 5.73. The molecule has 0 aliphatic carbocycles. The van der Waals surface area contributed by atoms with Crippen LogP contribution in [-0.2, 0) is 14.8 Å². The number of rotatable bonds is 4. The van der Waals surface area contributed by atoms with E-state index in [1.54, 1.807) is 26.1 Å². The highest BCUT2D eigenvalue weighted by Gasteiger charge is 2.32. The third kappa shape index (κ3) is 5.93. The number of amides is 2. The van der Waals surface area contributed by atoms with Gasteiger partial charge in [0.05, 0.1) is 30.2 Å². The summed E-state index contributed by atoms with van der Waals surface area (Å²) >= 11 is 0. The smallest absolute Gasteiger partial charge is 0.294 e. The van der Waals surface area contributed by atoms with Gasteiger partial charge < -0.3 is 24.2 Å². The van der Waals surface area contributed by atoms with E-state index in [0.717, 1.165) is 6.26 Å². The summed E-state index contributed by atoms with van der Waals surface area (Å²) in [5.41, 5.74) is 0.583. The number of ether oxygens (including phenoxy) is 2. The van der Waals surface area contributed by atoms with Crippen LogP contribution in [0.25, 0.3) is 0 Å². The largest absolute Gasteiger partial charge is 0.491 e. The van der Waals surface area contributed by atoms with Crippen molar-refractivity contribution in [3.05, 3.63) is 41.8 Å². The molecule has 0 bridgehead atoms. The maximum absolute atomic E-state index is 13.3. The van der Waals surface area contributed by atoms with E-state index < -0.39 is 28.1 Å². The number of hydrogen-bond acceptors (Lipinski definition) is 8. The average molecular weight is 495 g/mol. The summed E-state index contributed by atoms with van der Waals surface area (Å²) in [6, 6.07) is 5.60. The minimum atomic E-state index is -3.52. The lowest BCUT2D eigenvalue weighted by Crippen LogP contribution is -2.48. The molecule has 0 saturated heterocycles. The fourth-order valence-electron chi connectivity index (χ4n) is 3.81. The van der Waals surface area contributed by atoms with Gasteiger partial charge in [0.15, 0.2) is 0 Å². The Kier molecular flexibility index (Phi) is 7.95.